The molecule has 0 fully saturated rings. The van der Waals surface area contributed by atoms with Gasteiger partial charge in [-0.05, 0) is 63.7 Å². The van der Waals surface area contributed by atoms with Crippen LogP contribution in [0.15, 0.2) is 88.5 Å². The monoisotopic (exact) mass is 462 g/mol. The lowest BCUT2D eigenvalue weighted by atomic mass is 9.78. The van der Waals surface area contributed by atoms with Crippen molar-refractivity contribution in [3.63, 3.8) is 0 Å². The average molecular weight is 463 g/mol. The lowest BCUT2D eigenvalue weighted by molar-refractivity contribution is -0.116. The second-order valence-electron chi connectivity index (χ2n) is 7.75. The van der Waals surface area contributed by atoms with Gasteiger partial charge in [-0.1, -0.05) is 48.5 Å². The van der Waals surface area contributed by atoms with Crippen molar-refractivity contribution >= 4 is 33.1 Å². The van der Waals surface area contributed by atoms with Crippen molar-refractivity contribution in [2.75, 3.05) is 10.6 Å². The molecule has 5 heteroatoms. The SMILES string of the molecule is O=C1CC(c2ccccc2)CC2=C1C(c1ccc(F)c(Br)c1)Nc1ccccc1N2. The summed E-state index contributed by atoms with van der Waals surface area (Å²) in [5.41, 5.74) is 5.54. The van der Waals surface area contributed by atoms with Gasteiger partial charge in [0.1, 0.15) is 5.82 Å². The van der Waals surface area contributed by atoms with Crippen LogP contribution in [0.5, 0.6) is 0 Å². The first kappa shape index (κ1) is 19.1. The van der Waals surface area contributed by atoms with Crippen LogP contribution < -0.4 is 10.6 Å². The van der Waals surface area contributed by atoms with Gasteiger partial charge in [0.2, 0.25) is 0 Å². The van der Waals surface area contributed by atoms with E-state index in [1.54, 1.807) is 12.1 Å². The Morgan fingerprint density at radius 1 is 0.867 bits per heavy atom. The molecule has 0 amide bonds. The molecule has 2 N–H and O–H groups in total. The van der Waals surface area contributed by atoms with Gasteiger partial charge in [-0.2, -0.15) is 0 Å². The Morgan fingerprint density at radius 2 is 1.60 bits per heavy atom. The summed E-state index contributed by atoms with van der Waals surface area (Å²) in [5.74, 6) is -0.0709. The standard InChI is InChI=1S/C25H20BrFN2O/c26-18-12-16(10-11-19(18)27)25-24-22(28-20-8-4-5-9-21(20)29-25)13-17(14-23(24)30)15-6-2-1-3-7-15/h1-12,17,25,28-29H,13-14H2. The Bertz CT molecular complexity index is 1160. The van der Waals surface area contributed by atoms with Crippen LogP contribution in [0, 0.1) is 5.82 Å². The topological polar surface area (TPSA) is 41.1 Å². The number of allylic oxidation sites excluding steroid dienone is 1. The third-order valence-electron chi connectivity index (χ3n) is 5.86. The summed E-state index contributed by atoms with van der Waals surface area (Å²) in [6.45, 7) is 0. The van der Waals surface area contributed by atoms with Crippen LogP contribution in [-0.4, -0.2) is 5.78 Å². The van der Waals surface area contributed by atoms with Gasteiger partial charge in [0, 0.05) is 17.7 Å². The van der Waals surface area contributed by atoms with Gasteiger partial charge < -0.3 is 10.6 Å². The van der Waals surface area contributed by atoms with Crippen LogP contribution in [0.25, 0.3) is 0 Å². The fourth-order valence-corrected chi connectivity index (χ4v) is 4.79. The Kier molecular flexibility index (Phi) is 4.91. The molecular formula is C25H20BrFN2O. The van der Waals surface area contributed by atoms with Crippen LogP contribution in [0.4, 0.5) is 15.8 Å². The fourth-order valence-electron chi connectivity index (χ4n) is 4.40. The predicted molar refractivity (Wildman–Crippen MR) is 121 cm³/mol. The fraction of sp³-hybridized carbons (Fsp3) is 0.160. The van der Waals surface area contributed by atoms with E-state index >= 15 is 0 Å². The zero-order valence-electron chi connectivity index (χ0n) is 16.2. The number of ketones is 1. The largest absolute Gasteiger partial charge is 0.372 e. The number of hydrogen-bond acceptors (Lipinski definition) is 3. The maximum Gasteiger partial charge on any atom is 0.163 e. The lowest BCUT2D eigenvalue weighted by Crippen LogP contribution is -2.26. The van der Waals surface area contributed by atoms with Gasteiger partial charge in [-0.3, -0.25) is 4.79 Å². The molecule has 150 valence electrons. The number of carbonyl (C=O) groups is 1. The normalized spacial score (nSPS) is 20.5. The second-order valence-corrected chi connectivity index (χ2v) is 8.61. The average Bonchev–Trinajstić information content (AvgIpc) is 2.93. The van der Waals surface area contributed by atoms with Gasteiger partial charge >= 0.3 is 0 Å². The minimum absolute atomic E-state index is 0.114. The zero-order valence-corrected chi connectivity index (χ0v) is 17.7. The van der Waals surface area contributed by atoms with Crippen LogP contribution in [-0.2, 0) is 4.79 Å². The molecule has 0 radical (unpaired) electrons. The highest BCUT2D eigenvalue weighted by Gasteiger charge is 2.36. The Balaban J connectivity index is 1.63. The second kappa shape index (κ2) is 7.73. The highest BCUT2D eigenvalue weighted by atomic mass is 79.9. The van der Waals surface area contributed by atoms with Crippen molar-refractivity contribution in [2.24, 2.45) is 0 Å². The van der Waals surface area contributed by atoms with Crippen LogP contribution >= 0.6 is 15.9 Å². The number of rotatable bonds is 2. The first-order valence-electron chi connectivity index (χ1n) is 9.99. The number of carbonyl (C=O) groups excluding carboxylic acids is 1. The summed E-state index contributed by atoms with van der Waals surface area (Å²) in [5, 5.41) is 7.05. The van der Waals surface area contributed by atoms with Crippen molar-refractivity contribution in [1.29, 1.82) is 0 Å². The van der Waals surface area contributed by atoms with E-state index < -0.39 is 0 Å². The molecule has 3 aromatic carbocycles. The molecule has 2 atom stereocenters. The summed E-state index contributed by atoms with van der Waals surface area (Å²) >= 11 is 3.29. The molecule has 2 aliphatic rings. The number of benzene rings is 3. The van der Waals surface area contributed by atoms with Gasteiger partial charge in [0.15, 0.2) is 5.78 Å². The van der Waals surface area contributed by atoms with E-state index in [0.29, 0.717) is 10.9 Å². The quantitative estimate of drug-likeness (QED) is 0.452. The predicted octanol–water partition coefficient (Wildman–Crippen LogP) is 6.57. The van der Waals surface area contributed by atoms with Crippen molar-refractivity contribution in [1.82, 2.24) is 0 Å². The molecule has 0 spiro atoms. The third kappa shape index (κ3) is 3.43. The maximum atomic E-state index is 13.9. The highest BCUT2D eigenvalue weighted by molar-refractivity contribution is 9.10. The van der Waals surface area contributed by atoms with E-state index in [9.17, 15) is 9.18 Å². The third-order valence-corrected chi connectivity index (χ3v) is 6.46. The van der Waals surface area contributed by atoms with E-state index in [-0.39, 0.29) is 23.6 Å². The lowest BCUT2D eigenvalue weighted by Gasteiger charge is -2.30. The summed E-state index contributed by atoms with van der Waals surface area (Å²) in [6, 6.07) is 22.7. The van der Waals surface area contributed by atoms with Gasteiger partial charge in [0.25, 0.3) is 0 Å². The van der Waals surface area contributed by atoms with E-state index in [2.05, 4.69) is 38.7 Å². The van der Waals surface area contributed by atoms with Crippen LogP contribution in [0.3, 0.4) is 0 Å². The number of fused-ring (bicyclic) bond motifs is 1. The number of Topliss-reactive ketones (excluding diaryl/α,β-unsaturated/α-hetero) is 1. The number of hydrogen-bond donors (Lipinski definition) is 2. The van der Waals surface area contributed by atoms with Crippen molar-refractivity contribution in [2.45, 2.75) is 24.8 Å². The molecule has 1 aliphatic carbocycles. The highest BCUT2D eigenvalue weighted by Crippen LogP contribution is 2.44. The molecular weight excluding hydrogens is 443 g/mol. The number of halogens is 2. The van der Waals surface area contributed by atoms with E-state index in [4.69, 9.17) is 0 Å². The summed E-state index contributed by atoms with van der Waals surface area (Å²) in [7, 11) is 0. The molecule has 0 aromatic heterocycles. The number of anilines is 2. The van der Waals surface area contributed by atoms with Gasteiger partial charge in [-0.15, -0.1) is 0 Å². The summed E-state index contributed by atoms with van der Waals surface area (Å²) in [6.07, 6.45) is 1.21. The molecule has 1 heterocycles. The summed E-state index contributed by atoms with van der Waals surface area (Å²) in [4.78, 5) is 13.4. The van der Waals surface area contributed by atoms with Crippen molar-refractivity contribution in [3.8, 4) is 0 Å². The molecule has 3 aromatic rings. The molecule has 2 unspecified atom stereocenters. The molecule has 0 bridgehead atoms. The number of para-hydroxylation sites is 2. The van der Waals surface area contributed by atoms with Gasteiger partial charge in [-0.25, -0.2) is 4.39 Å². The number of nitrogens with one attached hydrogen (secondary N) is 2. The van der Waals surface area contributed by atoms with Crippen LogP contribution in [0.1, 0.15) is 35.9 Å². The Labute approximate surface area is 183 Å². The molecule has 30 heavy (non-hydrogen) atoms. The molecule has 0 saturated heterocycles. The minimum Gasteiger partial charge on any atom is -0.372 e. The zero-order chi connectivity index (χ0) is 20.7. The minimum atomic E-state index is -0.350. The van der Waals surface area contributed by atoms with Crippen molar-refractivity contribution in [3.05, 3.63) is 105 Å². The van der Waals surface area contributed by atoms with E-state index in [0.717, 1.165) is 34.6 Å². The van der Waals surface area contributed by atoms with Crippen molar-refractivity contribution < 1.29 is 9.18 Å². The summed E-state index contributed by atoms with van der Waals surface area (Å²) < 4.78 is 14.3. The van der Waals surface area contributed by atoms with E-state index in [1.807, 2.05) is 42.5 Å². The van der Waals surface area contributed by atoms with Crippen LogP contribution in [0.2, 0.25) is 0 Å². The smallest absolute Gasteiger partial charge is 0.163 e. The molecule has 3 nitrogen and oxygen atoms in total. The van der Waals surface area contributed by atoms with Gasteiger partial charge in [0.05, 0.1) is 21.9 Å². The first-order valence-corrected chi connectivity index (χ1v) is 10.8. The first-order chi connectivity index (χ1) is 14.6. The molecule has 1 aliphatic heterocycles. The Morgan fingerprint density at radius 3 is 2.37 bits per heavy atom. The molecule has 0 saturated carbocycles. The maximum absolute atomic E-state index is 13.9. The Hall–Kier alpha value is -2.92. The molecule has 5 rings (SSSR count). The van der Waals surface area contributed by atoms with E-state index in [1.165, 1.54) is 11.6 Å².